The molecular formula is C11H13ClO. The molecule has 0 bridgehead atoms. The molecule has 0 heterocycles. The zero-order chi connectivity index (χ0) is 9.68. The lowest BCUT2D eigenvalue weighted by Crippen LogP contribution is -1.96. The average molecular weight is 197 g/mol. The lowest BCUT2D eigenvalue weighted by Gasteiger charge is -2.09. The van der Waals surface area contributed by atoms with E-state index in [4.69, 9.17) is 16.3 Å². The number of ether oxygens (including phenoxy) is 1. The van der Waals surface area contributed by atoms with Crippen molar-refractivity contribution in [1.82, 2.24) is 0 Å². The van der Waals surface area contributed by atoms with Gasteiger partial charge in [-0.15, -0.1) is 11.6 Å². The number of hydrogen-bond acceptors (Lipinski definition) is 1. The fourth-order valence-electron chi connectivity index (χ4n) is 1.11. The summed E-state index contributed by atoms with van der Waals surface area (Å²) in [6, 6.07) is 5.89. The summed E-state index contributed by atoms with van der Waals surface area (Å²) in [5.41, 5.74) is 2.22. The van der Waals surface area contributed by atoms with Crippen LogP contribution in [0.1, 0.15) is 11.1 Å². The van der Waals surface area contributed by atoms with Gasteiger partial charge in [0.1, 0.15) is 12.4 Å². The molecule has 1 nitrogen and oxygen atoms in total. The lowest BCUT2D eigenvalue weighted by molar-refractivity contribution is 0.360. The van der Waals surface area contributed by atoms with Crippen LogP contribution in [0.25, 0.3) is 0 Å². The predicted molar refractivity (Wildman–Crippen MR) is 56.4 cm³/mol. The molecule has 0 atom stereocenters. The summed E-state index contributed by atoms with van der Waals surface area (Å²) >= 11 is 5.76. The first-order valence-corrected chi connectivity index (χ1v) is 4.71. The first kappa shape index (κ1) is 10.1. The first-order chi connectivity index (χ1) is 6.29. The quantitative estimate of drug-likeness (QED) is 0.531. The van der Waals surface area contributed by atoms with E-state index >= 15 is 0 Å². The van der Waals surface area contributed by atoms with Gasteiger partial charge in [0, 0.05) is 5.88 Å². The molecule has 0 unspecified atom stereocenters. The predicted octanol–water partition coefficient (Wildman–Crippen LogP) is 3.30. The first-order valence-electron chi connectivity index (χ1n) is 4.17. The van der Waals surface area contributed by atoms with E-state index in [1.807, 2.05) is 25.1 Å². The van der Waals surface area contributed by atoms with Crippen molar-refractivity contribution in [3.63, 3.8) is 0 Å². The van der Waals surface area contributed by atoms with Crippen molar-refractivity contribution in [2.75, 3.05) is 6.61 Å². The number of alkyl halides is 1. The molecule has 0 N–H and O–H groups in total. The summed E-state index contributed by atoms with van der Waals surface area (Å²) in [6.07, 6.45) is 1.73. The van der Waals surface area contributed by atoms with Crippen LogP contribution in [-0.2, 0) is 5.88 Å². The van der Waals surface area contributed by atoms with Gasteiger partial charge in [0.05, 0.1) is 0 Å². The Kier molecular flexibility index (Phi) is 3.84. The zero-order valence-electron chi connectivity index (χ0n) is 7.72. The van der Waals surface area contributed by atoms with E-state index in [1.54, 1.807) is 6.08 Å². The summed E-state index contributed by atoms with van der Waals surface area (Å²) in [4.78, 5) is 0. The SMILES string of the molecule is C=CCOc1cccc(CCl)c1C. The van der Waals surface area contributed by atoms with E-state index in [9.17, 15) is 0 Å². The molecule has 2 heteroatoms. The molecule has 70 valence electrons. The molecular weight excluding hydrogens is 184 g/mol. The average Bonchev–Trinajstić information content (AvgIpc) is 2.16. The van der Waals surface area contributed by atoms with Crippen LogP contribution in [0.2, 0.25) is 0 Å². The number of benzene rings is 1. The Balaban J connectivity index is 2.87. The van der Waals surface area contributed by atoms with Crippen molar-refractivity contribution in [1.29, 1.82) is 0 Å². The Morgan fingerprint density at radius 3 is 2.92 bits per heavy atom. The van der Waals surface area contributed by atoms with E-state index < -0.39 is 0 Å². The van der Waals surface area contributed by atoms with Crippen LogP contribution in [0.4, 0.5) is 0 Å². The van der Waals surface area contributed by atoms with Crippen molar-refractivity contribution < 1.29 is 4.74 Å². The summed E-state index contributed by atoms with van der Waals surface area (Å²) in [7, 11) is 0. The largest absolute Gasteiger partial charge is 0.489 e. The zero-order valence-corrected chi connectivity index (χ0v) is 8.47. The Morgan fingerprint density at radius 1 is 1.54 bits per heavy atom. The van der Waals surface area contributed by atoms with Crippen molar-refractivity contribution >= 4 is 11.6 Å². The van der Waals surface area contributed by atoms with Gasteiger partial charge in [0.25, 0.3) is 0 Å². The maximum Gasteiger partial charge on any atom is 0.123 e. The summed E-state index contributed by atoms with van der Waals surface area (Å²) in [5.74, 6) is 1.41. The van der Waals surface area contributed by atoms with Crippen LogP contribution in [0.15, 0.2) is 30.9 Å². The van der Waals surface area contributed by atoms with E-state index in [0.717, 1.165) is 16.9 Å². The van der Waals surface area contributed by atoms with E-state index in [0.29, 0.717) is 12.5 Å². The van der Waals surface area contributed by atoms with Gasteiger partial charge in [-0.2, -0.15) is 0 Å². The van der Waals surface area contributed by atoms with Crippen LogP contribution >= 0.6 is 11.6 Å². The molecule has 0 saturated carbocycles. The van der Waals surface area contributed by atoms with Crippen molar-refractivity contribution in [3.8, 4) is 5.75 Å². The summed E-state index contributed by atoms with van der Waals surface area (Å²) in [5, 5.41) is 0. The molecule has 0 amide bonds. The number of hydrogen-bond donors (Lipinski definition) is 0. The normalized spacial score (nSPS) is 9.69. The highest BCUT2D eigenvalue weighted by Crippen LogP contribution is 2.22. The van der Waals surface area contributed by atoms with Crippen LogP contribution in [0.5, 0.6) is 5.75 Å². The molecule has 0 fully saturated rings. The fourth-order valence-corrected chi connectivity index (χ4v) is 1.40. The van der Waals surface area contributed by atoms with Crippen molar-refractivity contribution in [2.24, 2.45) is 0 Å². The van der Waals surface area contributed by atoms with Gasteiger partial charge >= 0.3 is 0 Å². The van der Waals surface area contributed by atoms with Crippen LogP contribution in [0, 0.1) is 6.92 Å². The fraction of sp³-hybridized carbons (Fsp3) is 0.273. The molecule has 0 aliphatic carbocycles. The molecule has 0 aliphatic rings. The van der Waals surface area contributed by atoms with E-state index in [1.165, 1.54) is 0 Å². The topological polar surface area (TPSA) is 9.23 Å². The van der Waals surface area contributed by atoms with E-state index in [-0.39, 0.29) is 0 Å². The molecule has 0 aliphatic heterocycles. The molecule has 1 aromatic carbocycles. The van der Waals surface area contributed by atoms with Gasteiger partial charge < -0.3 is 4.74 Å². The maximum atomic E-state index is 5.76. The van der Waals surface area contributed by atoms with Crippen LogP contribution < -0.4 is 4.74 Å². The number of rotatable bonds is 4. The van der Waals surface area contributed by atoms with Gasteiger partial charge in [-0.3, -0.25) is 0 Å². The lowest BCUT2D eigenvalue weighted by atomic mass is 10.1. The van der Waals surface area contributed by atoms with Crippen LogP contribution in [-0.4, -0.2) is 6.61 Å². The molecule has 1 aromatic rings. The van der Waals surface area contributed by atoms with Gasteiger partial charge in [-0.05, 0) is 24.1 Å². The Bertz CT molecular complexity index is 294. The minimum atomic E-state index is 0.525. The second-order valence-corrected chi connectivity index (χ2v) is 3.04. The van der Waals surface area contributed by atoms with Crippen LogP contribution in [0.3, 0.4) is 0 Å². The smallest absolute Gasteiger partial charge is 0.123 e. The standard InChI is InChI=1S/C11H13ClO/c1-3-7-13-11-6-4-5-10(8-12)9(11)2/h3-6H,1,7-8H2,2H3. The highest BCUT2D eigenvalue weighted by atomic mass is 35.5. The highest BCUT2D eigenvalue weighted by Gasteiger charge is 2.02. The Labute approximate surface area is 84.0 Å². The van der Waals surface area contributed by atoms with Gasteiger partial charge in [0.15, 0.2) is 0 Å². The van der Waals surface area contributed by atoms with Crippen molar-refractivity contribution in [3.05, 3.63) is 42.0 Å². The third-order valence-electron chi connectivity index (χ3n) is 1.90. The van der Waals surface area contributed by atoms with Crippen molar-refractivity contribution in [2.45, 2.75) is 12.8 Å². The highest BCUT2D eigenvalue weighted by molar-refractivity contribution is 6.17. The monoisotopic (exact) mass is 196 g/mol. The third kappa shape index (κ3) is 2.49. The third-order valence-corrected chi connectivity index (χ3v) is 2.18. The summed E-state index contributed by atoms with van der Waals surface area (Å²) < 4.78 is 5.45. The number of halogens is 1. The minimum absolute atomic E-state index is 0.525. The van der Waals surface area contributed by atoms with E-state index in [2.05, 4.69) is 6.58 Å². The Morgan fingerprint density at radius 2 is 2.31 bits per heavy atom. The Hall–Kier alpha value is -0.950. The van der Waals surface area contributed by atoms with Gasteiger partial charge in [-0.25, -0.2) is 0 Å². The van der Waals surface area contributed by atoms with Gasteiger partial charge in [0.2, 0.25) is 0 Å². The second kappa shape index (κ2) is 4.93. The second-order valence-electron chi connectivity index (χ2n) is 2.77. The van der Waals surface area contributed by atoms with Gasteiger partial charge in [-0.1, -0.05) is 24.8 Å². The maximum absolute atomic E-state index is 5.76. The minimum Gasteiger partial charge on any atom is -0.489 e. The molecule has 0 aromatic heterocycles. The molecule has 0 radical (unpaired) electrons. The molecule has 0 saturated heterocycles. The molecule has 13 heavy (non-hydrogen) atoms. The molecule has 0 spiro atoms. The summed E-state index contributed by atoms with van der Waals surface area (Å²) in [6.45, 7) is 6.14. The molecule has 1 rings (SSSR count).